The first-order chi connectivity index (χ1) is 26.2. The zero-order valence-corrected chi connectivity index (χ0v) is 37.1. The molecule has 59 heavy (non-hydrogen) atoms. The number of aromatic amines is 2. The summed E-state index contributed by atoms with van der Waals surface area (Å²) >= 11 is 0. The number of nitrogens with zero attached hydrogens (tertiary/aromatic N) is 6. The number of halogens is 2. The minimum atomic E-state index is -0.0686. The summed E-state index contributed by atoms with van der Waals surface area (Å²) in [6, 6.07) is 26.3. The number of hydrogen-bond donors (Lipinski definition) is 2. The van der Waals surface area contributed by atoms with Crippen LogP contribution in [0.4, 0.5) is 0 Å². The maximum absolute atomic E-state index is 5.32. The molecule has 11 heteroatoms. The molecule has 0 saturated carbocycles. The highest BCUT2D eigenvalue weighted by atomic mass is 35.5. The quantitative estimate of drug-likeness (QED) is 0.147. The second-order valence-electron chi connectivity index (χ2n) is 19.7. The Labute approximate surface area is 363 Å². The van der Waals surface area contributed by atoms with Gasteiger partial charge in [-0.05, 0) is 79.1 Å². The highest BCUT2D eigenvalue weighted by molar-refractivity contribution is 6.07. The van der Waals surface area contributed by atoms with Gasteiger partial charge in [-0.1, -0.05) is 132 Å². The Kier molecular flexibility index (Phi) is 10.8. The lowest BCUT2D eigenvalue weighted by molar-refractivity contribution is 0.590. The van der Waals surface area contributed by atoms with Crippen LogP contribution in [0.15, 0.2) is 72.8 Å². The van der Waals surface area contributed by atoms with Crippen molar-refractivity contribution in [3.05, 3.63) is 95.1 Å². The first-order valence-corrected chi connectivity index (χ1v) is 19.6. The summed E-state index contributed by atoms with van der Waals surface area (Å²) in [7, 11) is 0. The van der Waals surface area contributed by atoms with Crippen molar-refractivity contribution in [3.8, 4) is 45.6 Å². The molecule has 0 saturated heterocycles. The summed E-state index contributed by atoms with van der Waals surface area (Å²) in [4.78, 5) is 38.9. The number of aromatic nitrogens is 8. The molecule has 3 aromatic heterocycles. The third-order valence-electron chi connectivity index (χ3n) is 11.3. The fourth-order valence-corrected chi connectivity index (χ4v) is 7.66. The van der Waals surface area contributed by atoms with Gasteiger partial charge >= 0.3 is 0 Å². The van der Waals surface area contributed by atoms with Crippen molar-refractivity contribution < 1.29 is 0 Å². The number of benzene rings is 4. The molecule has 7 aromatic rings. The van der Waals surface area contributed by atoms with Crippen LogP contribution in [0.1, 0.15) is 105 Å². The minimum absolute atomic E-state index is 0. The van der Waals surface area contributed by atoms with Gasteiger partial charge in [-0.3, -0.25) is 0 Å². The van der Waals surface area contributed by atoms with Crippen LogP contribution in [0.25, 0.3) is 89.7 Å². The highest BCUT2D eigenvalue weighted by Crippen LogP contribution is 2.41. The first-order valence-electron chi connectivity index (χ1n) is 19.6. The van der Waals surface area contributed by atoms with Gasteiger partial charge in [-0.15, -0.1) is 24.8 Å². The van der Waals surface area contributed by atoms with Crippen LogP contribution in [0.3, 0.4) is 0 Å². The standard InChI is InChI=1S/C48H50N8.2ClH.H4Si/c1-45(2,3)25-13-17-29-33(21-25)41-49-37(29)54-42-35-23-27(47(7,8)9)15-19-31(35)39(51-42)56-44-36-24-28(48(10,11)12)16-20-32(36)40(52-44)55-43-34-22-26(46(4,5)6)14-18-30(34)38(50-43)53-41;;;/h13-24H,1-12H3,(H2,49,50,51,52,53,54,55,56);2*1H;1H4. The van der Waals surface area contributed by atoms with E-state index in [4.69, 9.17) is 29.9 Å². The first kappa shape index (κ1) is 43.6. The Bertz CT molecular complexity index is 2770. The number of H-pyrrole nitrogens is 2. The predicted octanol–water partition coefficient (Wildman–Crippen LogP) is 11.5. The Hall–Kier alpha value is -4.96. The monoisotopic (exact) mass is 842 g/mol. The molecule has 0 fully saturated rings. The molecule has 0 amide bonds. The van der Waals surface area contributed by atoms with Crippen LogP contribution in [0.5, 0.6) is 0 Å². The zero-order valence-electron chi connectivity index (χ0n) is 35.4. The van der Waals surface area contributed by atoms with Crippen LogP contribution < -0.4 is 0 Å². The van der Waals surface area contributed by atoms with Crippen LogP contribution in [-0.2, 0) is 21.7 Å². The van der Waals surface area contributed by atoms with Crippen molar-refractivity contribution in [2.45, 2.75) is 105 Å². The minimum Gasteiger partial charge on any atom is -0.324 e. The van der Waals surface area contributed by atoms with E-state index in [1.54, 1.807) is 0 Å². The SMILES string of the molecule is CC(C)(C)c1ccc2c(c1)-c1nc-2nc2[nH]c(nc3nc(nc4[nH]c(n1)c1ccc(C(C)(C)C)cc41)-c1ccc(C(C)(C)C)cc1-3)c1ccc(C(C)(C)C)cc21.Cl.Cl.[SiH4]. The fourth-order valence-electron chi connectivity index (χ4n) is 7.66. The second kappa shape index (κ2) is 14.6. The molecule has 2 aliphatic rings. The van der Waals surface area contributed by atoms with Crippen LogP contribution in [-0.4, -0.2) is 50.8 Å². The lowest BCUT2D eigenvalue weighted by atomic mass is 9.85. The molecule has 5 heterocycles. The van der Waals surface area contributed by atoms with Crippen molar-refractivity contribution in [2.24, 2.45) is 0 Å². The topological polar surface area (TPSA) is 109 Å². The summed E-state index contributed by atoms with van der Waals surface area (Å²) in [6.07, 6.45) is 0. The molecule has 2 aliphatic heterocycles. The highest BCUT2D eigenvalue weighted by Gasteiger charge is 2.27. The summed E-state index contributed by atoms with van der Waals surface area (Å²) in [5.74, 6) is 2.42. The molecule has 0 atom stereocenters. The molecule has 4 aromatic carbocycles. The summed E-state index contributed by atoms with van der Waals surface area (Å²) in [6.45, 7) is 26.8. The Morgan fingerprint density at radius 2 is 0.593 bits per heavy atom. The molecule has 9 rings (SSSR count). The fraction of sp³-hybridized carbons (Fsp3) is 0.333. The Morgan fingerprint density at radius 1 is 0.322 bits per heavy atom. The molecule has 2 N–H and O–H groups in total. The molecule has 0 spiro atoms. The second-order valence-corrected chi connectivity index (χ2v) is 19.7. The predicted molar refractivity (Wildman–Crippen MR) is 257 cm³/mol. The van der Waals surface area contributed by atoms with Crippen LogP contribution in [0.2, 0.25) is 0 Å². The van der Waals surface area contributed by atoms with E-state index in [1.807, 2.05) is 0 Å². The largest absolute Gasteiger partial charge is 0.324 e. The Balaban J connectivity index is 0.00000195. The van der Waals surface area contributed by atoms with Crippen molar-refractivity contribution in [3.63, 3.8) is 0 Å². The van der Waals surface area contributed by atoms with E-state index in [9.17, 15) is 0 Å². The summed E-state index contributed by atoms with van der Waals surface area (Å²) in [5, 5.41) is 3.89. The van der Waals surface area contributed by atoms with E-state index in [1.165, 1.54) is 22.3 Å². The smallest absolute Gasteiger partial charge is 0.164 e. The molecule has 8 nitrogen and oxygen atoms in total. The third-order valence-corrected chi connectivity index (χ3v) is 11.3. The van der Waals surface area contributed by atoms with Crippen LogP contribution >= 0.6 is 24.8 Å². The van der Waals surface area contributed by atoms with Gasteiger partial charge < -0.3 is 9.97 Å². The lowest BCUT2D eigenvalue weighted by Crippen LogP contribution is -2.10. The van der Waals surface area contributed by atoms with Crippen LogP contribution in [0, 0.1) is 0 Å². The van der Waals surface area contributed by atoms with Gasteiger partial charge in [0.25, 0.3) is 0 Å². The number of hydrogen-bond acceptors (Lipinski definition) is 6. The normalized spacial score (nSPS) is 12.7. The zero-order chi connectivity index (χ0) is 39.7. The van der Waals surface area contributed by atoms with Gasteiger partial charge in [0.15, 0.2) is 23.3 Å². The van der Waals surface area contributed by atoms with Crippen molar-refractivity contribution in [2.75, 3.05) is 0 Å². The molecule has 8 bridgehead atoms. The van der Waals surface area contributed by atoms with E-state index >= 15 is 0 Å². The maximum atomic E-state index is 5.32. The van der Waals surface area contributed by atoms with Gasteiger partial charge in [-0.25, -0.2) is 29.9 Å². The van der Waals surface area contributed by atoms with Crippen molar-refractivity contribution in [1.29, 1.82) is 0 Å². The van der Waals surface area contributed by atoms with E-state index in [0.29, 0.717) is 45.9 Å². The van der Waals surface area contributed by atoms with Gasteiger partial charge in [0.2, 0.25) is 0 Å². The van der Waals surface area contributed by atoms with Crippen molar-refractivity contribution in [1.82, 2.24) is 39.9 Å². The third kappa shape index (κ3) is 7.58. The lowest BCUT2D eigenvalue weighted by Gasteiger charge is -2.19. The average molecular weight is 844 g/mol. The molecule has 0 unspecified atom stereocenters. The molecule has 0 radical (unpaired) electrons. The number of rotatable bonds is 0. The van der Waals surface area contributed by atoms with Crippen molar-refractivity contribution >= 4 is 79.9 Å². The number of nitrogens with one attached hydrogen (secondary N) is 2. The average Bonchev–Trinajstić information content (AvgIpc) is 3.84. The molecule has 306 valence electrons. The van der Waals surface area contributed by atoms with Gasteiger partial charge in [0.1, 0.15) is 22.6 Å². The van der Waals surface area contributed by atoms with E-state index in [2.05, 4.69) is 166 Å². The number of fused-ring (bicyclic) bond motifs is 20. The molecular formula is C48H56Cl2N8Si. The Morgan fingerprint density at radius 3 is 0.915 bits per heavy atom. The summed E-state index contributed by atoms with van der Waals surface area (Å²) < 4.78 is 0. The molecule has 0 aliphatic carbocycles. The van der Waals surface area contributed by atoms with E-state index in [0.717, 1.165) is 43.8 Å². The van der Waals surface area contributed by atoms with Gasteiger partial charge in [0.05, 0.1) is 0 Å². The van der Waals surface area contributed by atoms with E-state index < -0.39 is 0 Å². The van der Waals surface area contributed by atoms with Gasteiger partial charge in [0, 0.05) is 43.8 Å². The van der Waals surface area contributed by atoms with E-state index in [-0.39, 0.29) is 57.4 Å². The maximum Gasteiger partial charge on any atom is 0.164 e. The van der Waals surface area contributed by atoms with Gasteiger partial charge in [-0.2, -0.15) is 0 Å². The molecular weight excluding hydrogens is 788 g/mol. The summed E-state index contributed by atoms with van der Waals surface area (Å²) in [5.41, 5.74) is 11.1.